The molecule has 0 bridgehead atoms. The van der Waals surface area contributed by atoms with Crippen LogP contribution in [0.2, 0.25) is 0 Å². The van der Waals surface area contributed by atoms with E-state index >= 15 is 0 Å². The van der Waals surface area contributed by atoms with Crippen LogP contribution in [0.1, 0.15) is 25.6 Å². The molecule has 0 spiro atoms. The molecule has 2 fully saturated rings. The van der Waals surface area contributed by atoms with Crippen molar-refractivity contribution in [3.63, 3.8) is 0 Å². The van der Waals surface area contributed by atoms with Crippen LogP contribution in [0.5, 0.6) is 0 Å². The fourth-order valence-corrected chi connectivity index (χ4v) is 4.22. The maximum absolute atomic E-state index is 4.93. The number of imidazole rings is 1. The highest BCUT2D eigenvalue weighted by Crippen LogP contribution is 2.21. The number of benzene rings is 1. The number of fused-ring (bicyclic) bond motifs is 1. The van der Waals surface area contributed by atoms with Gasteiger partial charge < -0.3 is 9.88 Å². The normalized spacial score (nSPS) is 23.3. The van der Waals surface area contributed by atoms with E-state index in [0.717, 1.165) is 44.2 Å². The molecule has 5 heteroatoms. The van der Waals surface area contributed by atoms with Gasteiger partial charge in [0.1, 0.15) is 5.82 Å². The van der Waals surface area contributed by atoms with Crippen LogP contribution in [0.4, 0.5) is 0 Å². The molecule has 1 N–H and O–H groups in total. The van der Waals surface area contributed by atoms with E-state index in [1.807, 2.05) is 0 Å². The van der Waals surface area contributed by atoms with Crippen molar-refractivity contribution >= 4 is 11.0 Å². The lowest BCUT2D eigenvalue weighted by molar-refractivity contribution is 0.169. The zero-order valence-electron chi connectivity index (χ0n) is 14.7. The highest BCUT2D eigenvalue weighted by molar-refractivity contribution is 5.75. The van der Waals surface area contributed by atoms with Crippen LogP contribution in [-0.2, 0) is 13.1 Å². The summed E-state index contributed by atoms with van der Waals surface area (Å²) in [4.78, 5) is 10.2. The van der Waals surface area contributed by atoms with Gasteiger partial charge in [-0.1, -0.05) is 19.1 Å². The average Bonchev–Trinajstić information content (AvgIpc) is 3.22. The van der Waals surface area contributed by atoms with Gasteiger partial charge in [-0.15, -0.1) is 0 Å². The molecule has 2 aromatic rings. The Labute approximate surface area is 144 Å². The van der Waals surface area contributed by atoms with Gasteiger partial charge >= 0.3 is 0 Å². The fraction of sp³-hybridized carbons (Fsp3) is 0.632. The monoisotopic (exact) mass is 327 g/mol. The van der Waals surface area contributed by atoms with Crippen molar-refractivity contribution in [3.8, 4) is 0 Å². The van der Waals surface area contributed by atoms with Crippen molar-refractivity contribution in [2.75, 3.05) is 39.3 Å². The van der Waals surface area contributed by atoms with Crippen LogP contribution in [0, 0.1) is 0 Å². The molecule has 0 aliphatic carbocycles. The second-order valence-corrected chi connectivity index (χ2v) is 7.13. The number of likely N-dealkylation sites (tertiary alicyclic amines) is 1. The van der Waals surface area contributed by atoms with E-state index in [4.69, 9.17) is 4.98 Å². The van der Waals surface area contributed by atoms with E-state index in [1.165, 1.54) is 43.9 Å². The zero-order valence-corrected chi connectivity index (χ0v) is 14.7. The standard InChI is InChI=1S/C19H29N5/c1-2-10-24-18-6-4-3-5-17(18)21-19(24)15-22-11-7-16(14-22)23-12-8-20-9-13-23/h3-6,16,20H,2,7-15H2,1H3. The van der Waals surface area contributed by atoms with Crippen molar-refractivity contribution in [3.05, 3.63) is 30.1 Å². The van der Waals surface area contributed by atoms with Crippen molar-refractivity contribution in [2.24, 2.45) is 0 Å². The summed E-state index contributed by atoms with van der Waals surface area (Å²) in [5, 5.41) is 3.46. The van der Waals surface area contributed by atoms with Gasteiger partial charge in [0.25, 0.3) is 0 Å². The molecule has 2 aliphatic rings. The van der Waals surface area contributed by atoms with E-state index in [0.29, 0.717) is 0 Å². The third kappa shape index (κ3) is 3.21. The third-order valence-corrected chi connectivity index (χ3v) is 5.46. The molecule has 1 aromatic heterocycles. The van der Waals surface area contributed by atoms with Crippen LogP contribution < -0.4 is 5.32 Å². The van der Waals surface area contributed by atoms with Crippen molar-refractivity contribution in [2.45, 2.75) is 38.9 Å². The Balaban J connectivity index is 1.47. The molecule has 2 aliphatic heterocycles. The first-order valence-corrected chi connectivity index (χ1v) is 9.46. The summed E-state index contributed by atoms with van der Waals surface area (Å²) in [5.41, 5.74) is 2.42. The number of piperazine rings is 1. The fourth-order valence-electron chi connectivity index (χ4n) is 4.22. The molecule has 0 saturated carbocycles. The van der Waals surface area contributed by atoms with Gasteiger partial charge in [-0.2, -0.15) is 0 Å². The number of rotatable bonds is 5. The van der Waals surface area contributed by atoms with Gasteiger partial charge in [-0.05, 0) is 25.0 Å². The Morgan fingerprint density at radius 1 is 1.17 bits per heavy atom. The quantitative estimate of drug-likeness (QED) is 0.910. The minimum Gasteiger partial charge on any atom is -0.327 e. The molecule has 3 heterocycles. The summed E-state index contributed by atoms with van der Waals surface area (Å²) in [6.45, 7) is 11.4. The average molecular weight is 327 g/mol. The van der Waals surface area contributed by atoms with Crippen LogP contribution in [0.25, 0.3) is 11.0 Å². The third-order valence-electron chi connectivity index (χ3n) is 5.46. The van der Waals surface area contributed by atoms with Crippen LogP contribution in [0.15, 0.2) is 24.3 Å². The molecule has 0 amide bonds. The number of nitrogens with one attached hydrogen (secondary N) is 1. The van der Waals surface area contributed by atoms with E-state index in [2.05, 4.69) is 50.9 Å². The number of aryl methyl sites for hydroxylation is 1. The van der Waals surface area contributed by atoms with Crippen molar-refractivity contribution in [1.82, 2.24) is 24.7 Å². The summed E-state index contributed by atoms with van der Waals surface area (Å²) in [6, 6.07) is 9.28. The lowest BCUT2D eigenvalue weighted by Gasteiger charge is -2.32. The summed E-state index contributed by atoms with van der Waals surface area (Å²) in [6.07, 6.45) is 2.45. The minimum absolute atomic E-state index is 0.733. The maximum atomic E-state index is 4.93. The van der Waals surface area contributed by atoms with Gasteiger partial charge in [0, 0.05) is 51.9 Å². The van der Waals surface area contributed by atoms with E-state index < -0.39 is 0 Å². The predicted octanol–water partition coefficient (Wildman–Crippen LogP) is 1.93. The molecule has 1 unspecified atom stereocenters. The molecule has 0 radical (unpaired) electrons. The van der Waals surface area contributed by atoms with Crippen LogP contribution in [0.3, 0.4) is 0 Å². The van der Waals surface area contributed by atoms with Gasteiger partial charge in [-0.3, -0.25) is 9.80 Å². The lowest BCUT2D eigenvalue weighted by Crippen LogP contribution is -2.49. The Morgan fingerprint density at radius 3 is 2.83 bits per heavy atom. The van der Waals surface area contributed by atoms with Gasteiger partial charge in [0.05, 0.1) is 17.6 Å². The molecular formula is C19H29N5. The Bertz CT molecular complexity index is 673. The SMILES string of the molecule is CCCn1c(CN2CCC(N3CCNCC3)C2)nc2ccccc21. The Hall–Kier alpha value is -1.43. The van der Waals surface area contributed by atoms with Crippen LogP contribution in [-0.4, -0.2) is 64.7 Å². The molecule has 5 nitrogen and oxygen atoms in total. The molecule has 1 aromatic carbocycles. The number of hydrogen-bond acceptors (Lipinski definition) is 4. The second-order valence-electron chi connectivity index (χ2n) is 7.13. The Kier molecular flexibility index (Phi) is 4.83. The molecular weight excluding hydrogens is 298 g/mol. The summed E-state index contributed by atoms with van der Waals surface area (Å²) in [5.74, 6) is 1.24. The molecule has 4 rings (SSSR count). The van der Waals surface area contributed by atoms with Gasteiger partial charge in [0.15, 0.2) is 0 Å². The lowest BCUT2D eigenvalue weighted by atomic mass is 10.2. The highest BCUT2D eigenvalue weighted by atomic mass is 15.3. The van der Waals surface area contributed by atoms with Crippen LogP contribution >= 0.6 is 0 Å². The summed E-state index contributed by atoms with van der Waals surface area (Å²) < 4.78 is 2.42. The van der Waals surface area contributed by atoms with Gasteiger partial charge in [0.2, 0.25) is 0 Å². The predicted molar refractivity (Wildman–Crippen MR) is 98.1 cm³/mol. The second kappa shape index (κ2) is 7.21. The van der Waals surface area contributed by atoms with E-state index in [9.17, 15) is 0 Å². The van der Waals surface area contributed by atoms with E-state index in [1.54, 1.807) is 0 Å². The minimum atomic E-state index is 0.733. The molecule has 24 heavy (non-hydrogen) atoms. The van der Waals surface area contributed by atoms with Crippen molar-refractivity contribution in [1.29, 1.82) is 0 Å². The molecule has 1 atom stereocenters. The largest absolute Gasteiger partial charge is 0.327 e. The topological polar surface area (TPSA) is 36.3 Å². The summed E-state index contributed by atoms with van der Waals surface area (Å²) >= 11 is 0. The molecule has 130 valence electrons. The van der Waals surface area contributed by atoms with Gasteiger partial charge in [-0.25, -0.2) is 4.98 Å². The number of nitrogens with zero attached hydrogens (tertiary/aromatic N) is 4. The smallest absolute Gasteiger partial charge is 0.124 e. The Morgan fingerprint density at radius 2 is 2.00 bits per heavy atom. The van der Waals surface area contributed by atoms with Crippen molar-refractivity contribution < 1.29 is 0 Å². The first-order valence-electron chi connectivity index (χ1n) is 9.46. The van der Waals surface area contributed by atoms with E-state index in [-0.39, 0.29) is 0 Å². The number of aromatic nitrogens is 2. The zero-order chi connectivity index (χ0) is 16.4. The highest BCUT2D eigenvalue weighted by Gasteiger charge is 2.29. The first-order chi connectivity index (χ1) is 11.8. The molecule has 2 saturated heterocycles. The number of para-hydroxylation sites is 2. The first kappa shape index (κ1) is 16.1. The maximum Gasteiger partial charge on any atom is 0.124 e. The number of hydrogen-bond donors (Lipinski definition) is 1. The summed E-state index contributed by atoms with van der Waals surface area (Å²) in [7, 11) is 0.